The molecule has 0 unspecified atom stereocenters. The van der Waals surface area contributed by atoms with E-state index in [0.29, 0.717) is 31.6 Å². The average molecular weight is 264 g/mol. The van der Waals surface area contributed by atoms with Crippen LogP contribution >= 0.6 is 0 Å². The van der Waals surface area contributed by atoms with Gasteiger partial charge in [-0.1, -0.05) is 0 Å². The van der Waals surface area contributed by atoms with Crippen LogP contribution in [0, 0.1) is 0 Å². The molecular weight excluding hydrogens is 244 g/mol. The number of H-pyrrole nitrogens is 1. The molecule has 1 N–H and O–H groups in total. The molecule has 19 heavy (non-hydrogen) atoms. The Morgan fingerprint density at radius 3 is 2.84 bits per heavy atom. The lowest BCUT2D eigenvalue weighted by atomic mass is 9.92. The normalized spacial score (nSPS) is 22.4. The van der Waals surface area contributed by atoms with Crippen molar-refractivity contribution in [3.63, 3.8) is 0 Å². The summed E-state index contributed by atoms with van der Waals surface area (Å²) in [6.45, 7) is 3.88. The van der Waals surface area contributed by atoms with Gasteiger partial charge in [-0.2, -0.15) is 0 Å². The quantitative estimate of drug-likeness (QED) is 0.898. The molecule has 0 bridgehead atoms. The number of nitrogens with zero attached hydrogens (tertiary/aromatic N) is 1. The fraction of sp³-hybridized carbons (Fsp3) is 0.714. The van der Waals surface area contributed by atoms with Gasteiger partial charge in [-0.05, 0) is 19.8 Å². The first kappa shape index (κ1) is 12.8. The van der Waals surface area contributed by atoms with E-state index in [9.17, 15) is 4.79 Å². The lowest BCUT2D eigenvalue weighted by Crippen LogP contribution is -2.39. The van der Waals surface area contributed by atoms with E-state index in [4.69, 9.17) is 9.47 Å². The smallest absolute Gasteiger partial charge is 0.251 e. The van der Waals surface area contributed by atoms with Crippen LogP contribution in [-0.4, -0.2) is 29.8 Å². The fourth-order valence-electron chi connectivity index (χ4n) is 2.71. The van der Waals surface area contributed by atoms with Gasteiger partial charge in [0.15, 0.2) is 0 Å². The Bertz CT molecular complexity index is 496. The maximum Gasteiger partial charge on any atom is 0.251 e. The third-order valence-electron chi connectivity index (χ3n) is 3.91. The number of ether oxygens (including phenoxy) is 2. The van der Waals surface area contributed by atoms with Gasteiger partial charge in [0.1, 0.15) is 11.4 Å². The zero-order chi connectivity index (χ0) is 13.3. The molecule has 3 rings (SSSR count). The van der Waals surface area contributed by atoms with Crippen molar-refractivity contribution in [2.75, 3.05) is 19.8 Å². The van der Waals surface area contributed by atoms with E-state index in [0.717, 1.165) is 31.4 Å². The number of aromatic amines is 1. The Morgan fingerprint density at radius 1 is 1.47 bits per heavy atom. The van der Waals surface area contributed by atoms with Gasteiger partial charge < -0.3 is 14.5 Å². The first-order valence-corrected chi connectivity index (χ1v) is 7.07. The van der Waals surface area contributed by atoms with Crippen LogP contribution in [0.25, 0.3) is 0 Å². The van der Waals surface area contributed by atoms with Gasteiger partial charge in [-0.25, -0.2) is 4.98 Å². The largest absolute Gasteiger partial charge is 0.381 e. The first-order valence-electron chi connectivity index (χ1n) is 7.07. The van der Waals surface area contributed by atoms with Crippen LogP contribution in [-0.2, 0) is 15.1 Å². The summed E-state index contributed by atoms with van der Waals surface area (Å²) in [6.07, 6.45) is 3.77. The van der Waals surface area contributed by atoms with Crippen molar-refractivity contribution >= 4 is 0 Å². The van der Waals surface area contributed by atoms with Crippen molar-refractivity contribution in [2.24, 2.45) is 0 Å². The van der Waals surface area contributed by atoms with Gasteiger partial charge in [0.2, 0.25) is 0 Å². The number of nitrogens with one attached hydrogen (secondary N) is 1. The Hall–Kier alpha value is -1.20. The molecule has 0 amide bonds. The van der Waals surface area contributed by atoms with Crippen molar-refractivity contribution in [2.45, 2.75) is 44.1 Å². The van der Waals surface area contributed by atoms with Crippen LogP contribution in [0.5, 0.6) is 0 Å². The minimum absolute atomic E-state index is 0.0718. The highest BCUT2D eigenvalue weighted by Gasteiger charge is 2.38. The molecule has 2 aliphatic rings. The molecular formula is C14H20N2O3. The molecule has 2 heterocycles. The lowest BCUT2D eigenvalue weighted by Gasteiger charge is -2.35. The van der Waals surface area contributed by atoms with Crippen LogP contribution in [0.2, 0.25) is 0 Å². The standard InChI is InChI=1S/C14H20N2O3/c1-2-19-14(5-7-18-8-6-14)13-15-11(10-3-4-10)9-12(17)16-13/h9-10H,2-8H2,1H3,(H,15,16,17). The third kappa shape index (κ3) is 2.58. The second kappa shape index (κ2) is 5.06. The maximum absolute atomic E-state index is 11.9. The van der Waals surface area contributed by atoms with Gasteiger partial charge in [0.05, 0.1) is 5.69 Å². The molecule has 1 aromatic rings. The molecule has 1 saturated carbocycles. The van der Waals surface area contributed by atoms with Gasteiger partial charge in [-0.15, -0.1) is 0 Å². The average Bonchev–Trinajstić information content (AvgIpc) is 3.24. The highest BCUT2D eigenvalue weighted by molar-refractivity contribution is 5.17. The van der Waals surface area contributed by atoms with Gasteiger partial charge >= 0.3 is 0 Å². The maximum atomic E-state index is 11.9. The molecule has 5 nitrogen and oxygen atoms in total. The molecule has 1 aliphatic carbocycles. The van der Waals surface area contributed by atoms with E-state index >= 15 is 0 Å². The van der Waals surface area contributed by atoms with Gasteiger partial charge in [-0.3, -0.25) is 4.79 Å². The summed E-state index contributed by atoms with van der Waals surface area (Å²) in [4.78, 5) is 19.4. The monoisotopic (exact) mass is 264 g/mol. The number of hydrogen-bond acceptors (Lipinski definition) is 4. The fourth-order valence-corrected chi connectivity index (χ4v) is 2.71. The highest BCUT2D eigenvalue weighted by Crippen LogP contribution is 2.40. The summed E-state index contributed by atoms with van der Waals surface area (Å²) >= 11 is 0. The molecule has 5 heteroatoms. The summed E-state index contributed by atoms with van der Waals surface area (Å²) in [5, 5.41) is 0. The summed E-state index contributed by atoms with van der Waals surface area (Å²) in [5.41, 5.74) is 0.374. The SMILES string of the molecule is CCOC1(c2nc(C3CC3)cc(=O)[nH]2)CCOCC1. The second-order valence-corrected chi connectivity index (χ2v) is 5.33. The number of rotatable bonds is 4. The van der Waals surface area contributed by atoms with E-state index in [-0.39, 0.29) is 5.56 Å². The van der Waals surface area contributed by atoms with E-state index in [2.05, 4.69) is 9.97 Å². The molecule has 0 spiro atoms. The minimum atomic E-state index is -0.475. The lowest BCUT2D eigenvalue weighted by molar-refractivity contribution is -0.118. The third-order valence-corrected chi connectivity index (χ3v) is 3.91. The van der Waals surface area contributed by atoms with Crippen molar-refractivity contribution < 1.29 is 9.47 Å². The minimum Gasteiger partial charge on any atom is -0.381 e. The Morgan fingerprint density at radius 2 is 2.21 bits per heavy atom. The van der Waals surface area contributed by atoms with E-state index in [1.807, 2.05) is 6.92 Å². The first-order chi connectivity index (χ1) is 9.23. The predicted octanol–water partition coefficient (Wildman–Crippen LogP) is 1.69. The summed E-state index contributed by atoms with van der Waals surface area (Å²) in [5.74, 6) is 1.16. The van der Waals surface area contributed by atoms with Gasteiger partial charge in [0.25, 0.3) is 5.56 Å². The topological polar surface area (TPSA) is 64.2 Å². The molecule has 1 saturated heterocycles. The summed E-state index contributed by atoms with van der Waals surface area (Å²) < 4.78 is 11.4. The van der Waals surface area contributed by atoms with E-state index < -0.39 is 5.60 Å². The summed E-state index contributed by atoms with van der Waals surface area (Å²) in [7, 11) is 0. The van der Waals surface area contributed by atoms with Crippen LogP contribution in [0.3, 0.4) is 0 Å². The summed E-state index contributed by atoms with van der Waals surface area (Å²) in [6, 6.07) is 1.63. The van der Waals surface area contributed by atoms with Crippen LogP contribution < -0.4 is 5.56 Å². The molecule has 2 fully saturated rings. The molecule has 1 aromatic heterocycles. The highest BCUT2D eigenvalue weighted by atomic mass is 16.5. The Labute approximate surface area is 112 Å². The molecule has 0 aromatic carbocycles. The van der Waals surface area contributed by atoms with Crippen LogP contribution in [0.4, 0.5) is 0 Å². The molecule has 1 aliphatic heterocycles. The Balaban J connectivity index is 1.99. The van der Waals surface area contributed by atoms with Gasteiger partial charge in [0, 0.05) is 44.6 Å². The van der Waals surface area contributed by atoms with Crippen molar-refractivity contribution in [1.82, 2.24) is 9.97 Å². The van der Waals surface area contributed by atoms with Crippen molar-refractivity contribution in [3.05, 3.63) is 27.9 Å². The molecule has 0 atom stereocenters. The predicted molar refractivity (Wildman–Crippen MR) is 70.2 cm³/mol. The van der Waals surface area contributed by atoms with E-state index in [1.54, 1.807) is 6.07 Å². The Kier molecular flexibility index (Phi) is 3.41. The van der Waals surface area contributed by atoms with E-state index in [1.165, 1.54) is 0 Å². The van der Waals surface area contributed by atoms with Crippen molar-refractivity contribution in [3.8, 4) is 0 Å². The number of aromatic nitrogens is 2. The van der Waals surface area contributed by atoms with Crippen LogP contribution in [0.15, 0.2) is 10.9 Å². The second-order valence-electron chi connectivity index (χ2n) is 5.33. The van der Waals surface area contributed by atoms with Crippen LogP contribution in [0.1, 0.15) is 50.0 Å². The molecule has 0 radical (unpaired) electrons. The zero-order valence-corrected chi connectivity index (χ0v) is 11.3. The number of hydrogen-bond donors (Lipinski definition) is 1. The zero-order valence-electron chi connectivity index (χ0n) is 11.3. The van der Waals surface area contributed by atoms with Crippen molar-refractivity contribution in [1.29, 1.82) is 0 Å². The molecule has 104 valence electrons.